The maximum atomic E-state index is 13.9. The maximum absolute atomic E-state index is 13.9. The second kappa shape index (κ2) is 9.61. The summed E-state index contributed by atoms with van der Waals surface area (Å²) in [5.41, 5.74) is -1.40. The molecule has 0 bridgehead atoms. The molecule has 162 valence electrons. The van der Waals surface area contributed by atoms with E-state index in [1.165, 1.54) is 32.1 Å². The van der Waals surface area contributed by atoms with Gasteiger partial charge in [-0.25, -0.2) is 8.78 Å². The number of halogens is 5. The van der Waals surface area contributed by atoms with Gasteiger partial charge in [0.25, 0.3) is 0 Å². The second-order valence-corrected chi connectivity index (χ2v) is 8.87. The fourth-order valence-electron chi connectivity index (χ4n) is 5.37. The van der Waals surface area contributed by atoms with E-state index < -0.39 is 23.4 Å². The Morgan fingerprint density at radius 2 is 1.34 bits per heavy atom. The minimum absolute atomic E-state index is 0.0481. The van der Waals surface area contributed by atoms with E-state index in [1.807, 2.05) is 0 Å². The highest BCUT2D eigenvalue weighted by Crippen LogP contribution is 2.45. The second-order valence-electron chi connectivity index (χ2n) is 8.87. The number of rotatable bonds is 5. The van der Waals surface area contributed by atoms with Crippen LogP contribution in [0.1, 0.15) is 88.2 Å². The summed E-state index contributed by atoms with van der Waals surface area (Å²) in [6.07, 6.45) is 10.5. The van der Waals surface area contributed by atoms with Gasteiger partial charge in [-0.2, -0.15) is 13.2 Å². The van der Waals surface area contributed by atoms with Crippen molar-refractivity contribution in [2.24, 2.45) is 17.8 Å². The SMILES string of the molecule is CCC=CCC1CCC(C2CCC(c3cc(F)c(C(F)(F)F)c(F)c3)CC2)CC1. The van der Waals surface area contributed by atoms with Crippen LogP contribution in [0.3, 0.4) is 0 Å². The minimum Gasteiger partial charge on any atom is -0.206 e. The summed E-state index contributed by atoms with van der Waals surface area (Å²) in [5, 5.41) is 0. The van der Waals surface area contributed by atoms with Crippen molar-refractivity contribution in [3.05, 3.63) is 47.0 Å². The highest BCUT2D eigenvalue weighted by atomic mass is 19.4. The molecule has 0 amide bonds. The van der Waals surface area contributed by atoms with Crippen molar-refractivity contribution in [3.8, 4) is 0 Å². The molecule has 0 heterocycles. The van der Waals surface area contributed by atoms with Gasteiger partial charge in [0.05, 0.1) is 0 Å². The Hall–Kier alpha value is -1.39. The van der Waals surface area contributed by atoms with Crippen molar-refractivity contribution in [3.63, 3.8) is 0 Å². The molecule has 0 nitrogen and oxygen atoms in total. The van der Waals surface area contributed by atoms with Crippen molar-refractivity contribution in [2.45, 2.75) is 83.2 Å². The van der Waals surface area contributed by atoms with Gasteiger partial charge in [0.2, 0.25) is 0 Å². The van der Waals surface area contributed by atoms with Gasteiger partial charge in [-0.3, -0.25) is 0 Å². The molecule has 2 aliphatic carbocycles. The lowest BCUT2D eigenvalue weighted by molar-refractivity contribution is -0.142. The molecular weight excluding hydrogens is 383 g/mol. The van der Waals surface area contributed by atoms with Gasteiger partial charge in [-0.15, -0.1) is 0 Å². The van der Waals surface area contributed by atoms with Crippen molar-refractivity contribution in [1.82, 2.24) is 0 Å². The predicted molar refractivity (Wildman–Crippen MR) is 106 cm³/mol. The topological polar surface area (TPSA) is 0 Å². The Bertz CT molecular complexity index is 667. The van der Waals surface area contributed by atoms with E-state index in [0.29, 0.717) is 11.5 Å². The molecule has 0 spiro atoms. The fraction of sp³-hybridized carbons (Fsp3) is 0.667. The molecule has 29 heavy (non-hydrogen) atoms. The van der Waals surface area contributed by atoms with E-state index in [0.717, 1.165) is 56.1 Å². The Morgan fingerprint density at radius 3 is 1.83 bits per heavy atom. The van der Waals surface area contributed by atoms with Gasteiger partial charge in [0, 0.05) is 0 Å². The molecule has 3 rings (SSSR count). The molecule has 0 unspecified atom stereocenters. The summed E-state index contributed by atoms with van der Waals surface area (Å²) >= 11 is 0. The van der Waals surface area contributed by atoms with Crippen LogP contribution in [0.25, 0.3) is 0 Å². The number of allylic oxidation sites excluding steroid dienone is 2. The molecule has 0 aliphatic heterocycles. The first-order valence-electron chi connectivity index (χ1n) is 11.0. The summed E-state index contributed by atoms with van der Waals surface area (Å²) in [6.45, 7) is 2.15. The van der Waals surface area contributed by atoms with Crippen LogP contribution in [0.4, 0.5) is 22.0 Å². The fourth-order valence-corrected chi connectivity index (χ4v) is 5.37. The lowest BCUT2D eigenvalue weighted by atomic mass is 9.68. The third kappa shape index (κ3) is 5.61. The average Bonchev–Trinajstić information content (AvgIpc) is 2.67. The van der Waals surface area contributed by atoms with E-state index in [1.54, 1.807) is 0 Å². The van der Waals surface area contributed by atoms with Crippen LogP contribution in [0.15, 0.2) is 24.3 Å². The van der Waals surface area contributed by atoms with Gasteiger partial charge >= 0.3 is 6.18 Å². The molecule has 0 aromatic heterocycles. The van der Waals surface area contributed by atoms with Crippen molar-refractivity contribution >= 4 is 0 Å². The molecule has 5 heteroatoms. The number of hydrogen-bond donors (Lipinski definition) is 0. The molecular formula is C24H31F5. The quantitative estimate of drug-likeness (QED) is 0.335. The molecule has 0 saturated heterocycles. The lowest BCUT2D eigenvalue weighted by Gasteiger charge is -2.38. The van der Waals surface area contributed by atoms with Crippen molar-refractivity contribution < 1.29 is 22.0 Å². The van der Waals surface area contributed by atoms with Crippen LogP contribution in [-0.4, -0.2) is 0 Å². The standard InChI is InChI=1S/C24H31F5/c1-2-3-4-5-16-6-8-17(9-7-16)18-10-12-19(13-11-18)20-14-21(25)23(22(26)15-20)24(27,28)29/h3-4,14-19H,2,5-13H2,1H3. The summed E-state index contributed by atoms with van der Waals surface area (Å²) in [4.78, 5) is 0. The third-order valence-electron chi connectivity index (χ3n) is 7.02. The van der Waals surface area contributed by atoms with Crippen LogP contribution in [0.5, 0.6) is 0 Å². The highest BCUT2D eigenvalue weighted by molar-refractivity contribution is 5.30. The molecule has 1 aromatic carbocycles. The molecule has 0 radical (unpaired) electrons. The molecule has 0 N–H and O–H groups in total. The van der Waals surface area contributed by atoms with E-state index in [4.69, 9.17) is 0 Å². The summed E-state index contributed by atoms with van der Waals surface area (Å²) in [7, 11) is 0. The van der Waals surface area contributed by atoms with Crippen LogP contribution in [-0.2, 0) is 6.18 Å². The van der Waals surface area contributed by atoms with Crippen LogP contribution in [0, 0.1) is 29.4 Å². The Morgan fingerprint density at radius 1 is 0.828 bits per heavy atom. The Kier molecular flexibility index (Phi) is 7.39. The van der Waals surface area contributed by atoms with Gasteiger partial charge < -0.3 is 0 Å². The van der Waals surface area contributed by atoms with Crippen LogP contribution in [0.2, 0.25) is 0 Å². The van der Waals surface area contributed by atoms with Crippen molar-refractivity contribution in [2.75, 3.05) is 0 Å². The van der Waals surface area contributed by atoms with E-state index in [2.05, 4.69) is 19.1 Å². The van der Waals surface area contributed by atoms with Crippen molar-refractivity contribution in [1.29, 1.82) is 0 Å². The monoisotopic (exact) mass is 414 g/mol. The average molecular weight is 415 g/mol. The third-order valence-corrected chi connectivity index (χ3v) is 7.02. The van der Waals surface area contributed by atoms with E-state index in [9.17, 15) is 22.0 Å². The largest absolute Gasteiger partial charge is 0.422 e. The van der Waals surface area contributed by atoms with Crippen LogP contribution < -0.4 is 0 Å². The summed E-state index contributed by atoms with van der Waals surface area (Å²) < 4.78 is 66.1. The molecule has 1 aromatic rings. The maximum Gasteiger partial charge on any atom is 0.422 e. The smallest absolute Gasteiger partial charge is 0.206 e. The Balaban J connectivity index is 1.53. The van der Waals surface area contributed by atoms with Gasteiger partial charge in [0.1, 0.15) is 17.2 Å². The first-order chi connectivity index (χ1) is 13.8. The zero-order valence-corrected chi connectivity index (χ0v) is 17.1. The van der Waals surface area contributed by atoms with E-state index in [-0.39, 0.29) is 5.92 Å². The minimum atomic E-state index is -5.00. The van der Waals surface area contributed by atoms with E-state index >= 15 is 0 Å². The number of alkyl halides is 3. The number of benzene rings is 1. The Labute approximate surface area is 170 Å². The van der Waals surface area contributed by atoms with Crippen LogP contribution >= 0.6 is 0 Å². The van der Waals surface area contributed by atoms with Gasteiger partial charge in [-0.05, 0) is 106 Å². The lowest BCUT2D eigenvalue weighted by Crippen LogP contribution is -2.25. The van der Waals surface area contributed by atoms with Gasteiger partial charge in [-0.1, -0.05) is 19.1 Å². The molecule has 2 saturated carbocycles. The first kappa shape index (κ1) is 22.3. The highest BCUT2D eigenvalue weighted by Gasteiger charge is 2.39. The molecule has 2 fully saturated rings. The normalized spacial score (nSPS) is 28.8. The first-order valence-corrected chi connectivity index (χ1v) is 11.0. The molecule has 0 atom stereocenters. The summed E-state index contributed by atoms with van der Waals surface area (Å²) in [5.74, 6) is -0.877. The summed E-state index contributed by atoms with van der Waals surface area (Å²) in [6, 6.07) is 1.79. The zero-order chi connectivity index (χ0) is 21.0. The zero-order valence-electron chi connectivity index (χ0n) is 17.1. The number of hydrogen-bond acceptors (Lipinski definition) is 0. The van der Waals surface area contributed by atoms with Gasteiger partial charge in [0.15, 0.2) is 0 Å². The molecule has 2 aliphatic rings. The predicted octanol–water partition coefficient (Wildman–Crippen LogP) is 8.42.